The highest BCUT2D eigenvalue weighted by Crippen LogP contribution is 2.22. The van der Waals surface area contributed by atoms with Gasteiger partial charge in [-0.3, -0.25) is 4.79 Å². The Morgan fingerprint density at radius 3 is 2.41 bits per heavy atom. The lowest BCUT2D eigenvalue weighted by atomic mass is 9.94. The summed E-state index contributed by atoms with van der Waals surface area (Å²) in [6.07, 6.45) is 1.76. The topological polar surface area (TPSA) is 86.0 Å². The number of anilines is 1. The average Bonchev–Trinajstić information content (AvgIpc) is 3.26. The molecule has 0 bridgehead atoms. The van der Waals surface area contributed by atoms with Crippen LogP contribution in [0.4, 0.5) is 5.69 Å². The summed E-state index contributed by atoms with van der Waals surface area (Å²) in [7, 11) is 0. The summed E-state index contributed by atoms with van der Waals surface area (Å²) in [5, 5.41) is 6.36. The summed E-state index contributed by atoms with van der Waals surface area (Å²) in [6, 6.07) is 10.3. The lowest BCUT2D eigenvalue weighted by molar-refractivity contribution is -0.129. The smallest absolute Gasteiger partial charge is 0.244 e. The second kappa shape index (κ2) is 12.1. The summed E-state index contributed by atoms with van der Waals surface area (Å²) < 4.78 is 5.81. The summed E-state index contributed by atoms with van der Waals surface area (Å²) in [5.41, 5.74) is 1.12. The molecule has 0 unspecified atom stereocenters. The van der Waals surface area contributed by atoms with Crippen molar-refractivity contribution < 1.29 is 9.21 Å². The SMILES string of the molecule is CCNC(=NCC(=O)N1CCN(c2ccccc2)CC1)NCc1ncc(C(C)(C)C)o1.I. The minimum atomic E-state index is -0.0825. The van der Waals surface area contributed by atoms with Crippen LogP contribution in [-0.4, -0.2) is 61.0 Å². The van der Waals surface area contributed by atoms with Crippen molar-refractivity contribution in [3.8, 4) is 0 Å². The number of hydrogen-bond donors (Lipinski definition) is 2. The fraction of sp³-hybridized carbons (Fsp3) is 0.522. The van der Waals surface area contributed by atoms with Gasteiger partial charge in [-0.05, 0) is 19.1 Å². The number of guanidine groups is 1. The molecule has 2 N–H and O–H groups in total. The van der Waals surface area contributed by atoms with Crippen LogP contribution >= 0.6 is 24.0 Å². The van der Waals surface area contributed by atoms with Gasteiger partial charge in [0.05, 0.1) is 12.7 Å². The molecule has 1 aliphatic rings. The Hall–Kier alpha value is -2.30. The Bertz CT molecular complexity index is 870. The van der Waals surface area contributed by atoms with E-state index in [1.165, 1.54) is 5.69 Å². The molecular weight excluding hydrogens is 519 g/mol. The monoisotopic (exact) mass is 554 g/mol. The van der Waals surface area contributed by atoms with Gasteiger partial charge in [0.1, 0.15) is 12.3 Å². The molecule has 176 valence electrons. The molecule has 0 saturated carbocycles. The summed E-state index contributed by atoms with van der Waals surface area (Å²) in [4.78, 5) is 25.6. The Labute approximate surface area is 207 Å². The molecule has 3 rings (SSSR count). The number of nitrogens with one attached hydrogen (secondary N) is 2. The van der Waals surface area contributed by atoms with Crippen LogP contribution < -0.4 is 15.5 Å². The molecule has 0 aliphatic carbocycles. The predicted molar refractivity (Wildman–Crippen MR) is 139 cm³/mol. The Balaban J connectivity index is 0.00000363. The van der Waals surface area contributed by atoms with Crippen LogP contribution in [0.5, 0.6) is 0 Å². The van der Waals surface area contributed by atoms with Gasteiger partial charge in [-0.25, -0.2) is 9.98 Å². The molecule has 0 spiro atoms. The van der Waals surface area contributed by atoms with E-state index in [4.69, 9.17) is 4.42 Å². The average molecular weight is 554 g/mol. The number of nitrogens with zero attached hydrogens (tertiary/aromatic N) is 4. The fourth-order valence-corrected chi connectivity index (χ4v) is 3.34. The number of oxazole rings is 1. The second-order valence-electron chi connectivity index (χ2n) is 8.62. The number of carbonyl (C=O) groups excluding carboxylic acids is 1. The van der Waals surface area contributed by atoms with Gasteiger partial charge in [-0.15, -0.1) is 24.0 Å². The van der Waals surface area contributed by atoms with Crippen molar-refractivity contribution in [1.82, 2.24) is 20.5 Å². The lowest BCUT2D eigenvalue weighted by Gasteiger charge is -2.36. The van der Waals surface area contributed by atoms with Gasteiger partial charge < -0.3 is 24.9 Å². The molecule has 9 heteroatoms. The zero-order valence-corrected chi connectivity index (χ0v) is 21.8. The van der Waals surface area contributed by atoms with Crippen molar-refractivity contribution in [2.24, 2.45) is 4.99 Å². The van der Waals surface area contributed by atoms with Crippen molar-refractivity contribution in [2.75, 3.05) is 44.2 Å². The lowest BCUT2D eigenvalue weighted by Crippen LogP contribution is -2.49. The van der Waals surface area contributed by atoms with Crippen LogP contribution in [0.25, 0.3) is 0 Å². The largest absolute Gasteiger partial charge is 0.443 e. The fourth-order valence-electron chi connectivity index (χ4n) is 3.34. The standard InChI is InChI=1S/C23H34N6O2.HI/c1-5-24-22(26-16-20-25-15-19(31-20)23(2,3)4)27-17-21(30)29-13-11-28(12-14-29)18-9-7-6-8-10-18;/h6-10,15H,5,11-14,16-17H2,1-4H3,(H2,24,26,27);1H. The molecule has 1 aromatic heterocycles. The number of para-hydroxylation sites is 1. The van der Waals surface area contributed by atoms with E-state index in [2.05, 4.69) is 58.4 Å². The maximum absolute atomic E-state index is 12.7. The van der Waals surface area contributed by atoms with Crippen molar-refractivity contribution in [1.29, 1.82) is 0 Å². The van der Waals surface area contributed by atoms with E-state index in [1.807, 2.05) is 30.0 Å². The molecule has 1 amide bonds. The first kappa shape index (κ1) is 26.0. The number of piperazine rings is 1. The molecule has 2 heterocycles. The van der Waals surface area contributed by atoms with Gasteiger partial charge >= 0.3 is 0 Å². The maximum atomic E-state index is 12.7. The maximum Gasteiger partial charge on any atom is 0.244 e. The van der Waals surface area contributed by atoms with Crippen molar-refractivity contribution in [3.63, 3.8) is 0 Å². The zero-order valence-electron chi connectivity index (χ0n) is 19.4. The van der Waals surface area contributed by atoms with Gasteiger partial charge in [0.2, 0.25) is 11.8 Å². The molecule has 0 radical (unpaired) electrons. The number of aliphatic imine (C=N–C) groups is 1. The number of halogens is 1. The third-order valence-electron chi connectivity index (χ3n) is 5.17. The highest BCUT2D eigenvalue weighted by molar-refractivity contribution is 14.0. The van der Waals surface area contributed by atoms with Crippen molar-refractivity contribution in [2.45, 2.75) is 39.7 Å². The van der Waals surface area contributed by atoms with E-state index in [9.17, 15) is 4.79 Å². The van der Waals surface area contributed by atoms with E-state index in [0.29, 0.717) is 38.0 Å². The molecule has 1 aliphatic heterocycles. The van der Waals surface area contributed by atoms with Gasteiger partial charge in [-0.2, -0.15) is 0 Å². The summed E-state index contributed by atoms with van der Waals surface area (Å²) >= 11 is 0. The van der Waals surface area contributed by atoms with E-state index < -0.39 is 0 Å². The Morgan fingerprint density at radius 2 is 1.81 bits per heavy atom. The molecule has 2 aromatic rings. The number of carbonyl (C=O) groups is 1. The molecule has 1 aromatic carbocycles. The van der Waals surface area contributed by atoms with Crippen molar-refractivity contribution >= 4 is 41.5 Å². The van der Waals surface area contributed by atoms with Crippen LogP contribution in [0.1, 0.15) is 39.3 Å². The number of amides is 1. The molecule has 1 saturated heterocycles. The highest BCUT2D eigenvalue weighted by Gasteiger charge is 2.21. The number of rotatable bonds is 6. The first-order chi connectivity index (χ1) is 14.9. The molecule has 8 nitrogen and oxygen atoms in total. The van der Waals surface area contributed by atoms with Gasteiger partial charge in [-0.1, -0.05) is 39.0 Å². The molecule has 1 fully saturated rings. The normalized spacial score (nSPS) is 14.7. The third kappa shape index (κ3) is 7.39. The van der Waals surface area contributed by atoms with Gasteiger partial charge in [0.15, 0.2) is 5.96 Å². The third-order valence-corrected chi connectivity index (χ3v) is 5.17. The van der Waals surface area contributed by atoms with Crippen LogP contribution in [0.3, 0.4) is 0 Å². The van der Waals surface area contributed by atoms with Gasteiger partial charge in [0.25, 0.3) is 0 Å². The quantitative estimate of drug-likeness (QED) is 0.325. The van der Waals surface area contributed by atoms with Crippen LogP contribution in [0, 0.1) is 0 Å². The first-order valence-electron chi connectivity index (χ1n) is 10.9. The van der Waals surface area contributed by atoms with E-state index in [-0.39, 0.29) is 41.8 Å². The summed E-state index contributed by atoms with van der Waals surface area (Å²) in [6.45, 7) is 12.5. The minimum Gasteiger partial charge on any atom is -0.443 e. The Kier molecular flexibility index (Phi) is 9.80. The van der Waals surface area contributed by atoms with Crippen LogP contribution in [0.2, 0.25) is 0 Å². The first-order valence-corrected chi connectivity index (χ1v) is 10.9. The van der Waals surface area contributed by atoms with E-state index >= 15 is 0 Å². The minimum absolute atomic E-state index is 0. The zero-order chi connectivity index (χ0) is 22.3. The predicted octanol–water partition coefficient (Wildman–Crippen LogP) is 2.99. The highest BCUT2D eigenvalue weighted by atomic mass is 127. The Morgan fingerprint density at radius 1 is 1.12 bits per heavy atom. The number of aromatic nitrogens is 1. The van der Waals surface area contributed by atoms with Gasteiger partial charge in [0, 0.05) is 43.8 Å². The molecule has 32 heavy (non-hydrogen) atoms. The molecule has 0 atom stereocenters. The summed E-state index contributed by atoms with van der Waals surface area (Å²) in [5.74, 6) is 2.06. The van der Waals surface area contributed by atoms with Crippen molar-refractivity contribution in [3.05, 3.63) is 48.2 Å². The van der Waals surface area contributed by atoms with E-state index in [0.717, 1.165) is 18.8 Å². The van der Waals surface area contributed by atoms with Crippen LogP contribution in [0.15, 0.2) is 45.9 Å². The van der Waals surface area contributed by atoms with E-state index in [1.54, 1.807) is 6.20 Å². The second-order valence-corrected chi connectivity index (χ2v) is 8.62. The molecular formula is C23H35IN6O2. The number of hydrogen-bond acceptors (Lipinski definition) is 5. The van der Waals surface area contributed by atoms with Crippen LogP contribution in [-0.2, 0) is 16.8 Å². The number of benzene rings is 1.